The van der Waals surface area contributed by atoms with Crippen molar-refractivity contribution < 1.29 is 41.8 Å². The van der Waals surface area contributed by atoms with Gasteiger partial charge in [-0.05, 0) is 94.1 Å². The van der Waals surface area contributed by atoms with Crippen molar-refractivity contribution in [2.45, 2.75) is 153 Å². The van der Waals surface area contributed by atoms with Crippen LogP contribution in [-0.4, -0.2) is 95.3 Å². The molecule has 16 heteroatoms. The molecule has 3 saturated carbocycles. The number of carbonyl (C=O) groups excluding carboxylic acids is 4. The maximum Gasteiger partial charge on any atom is 0.408 e. The van der Waals surface area contributed by atoms with Crippen LogP contribution in [0.4, 0.5) is 4.79 Å². The first kappa shape index (κ1) is 41.9. The Balaban J connectivity index is 1.26. The standard InChI is InChI=1S/C42H60N6O9S/c1-8-13-25-22-42(25,38(51)47-58(53,54)41(6)18-19-41)46-35(49)33-27(9-2)32-23-48(33)37(50)34(40(3,4)5)45-39(52)57-31-20-24(31)14-11-10-12-15-29-36(56-32)44-30-21-26(55-7)16-17-28(30)43-29/h16-17,21,24-25,27,31-34H,8-15,18-20,22-23H2,1-7H3,(H,45,52)(H,46,49)(H,47,51)/t24-,25-,27-,31-,32+,33+,34-,42-/m1/s1. The lowest BCUT2D eigenvalue weighted by atomic mass is 9.85. The van der Waals surface area contributed by atoms with Crippen LogP contribution in [0.2, 0.25) is 0 Å². The molecule has 1 aromatic carbocycles. The number of hydrogen-bond donors (Lipinski definition) is 3. The minimum atomic E-state index is -3.99. The number of nitrogens with zero attached hydrogens (tertiary/aromatic N) is 3. The van der Waals surface area contributed by atoms with Crippen molar-refractivity contribution in [3.63, 3.8) is 0 Å². The Morgan fingerprint density at radius 3 is 2.48 bits per heavy atom. The zero-order valence-corrected chi connectivity index (χ0v) is 35.7. The Morgan fingerprint density at radius 2 is 1.81 bits per heavy atom. The number of methoxy groups -OCH3 is 1. The number of ether oxygens (including phenoxy) is 3. The fourth-order valence-electron chi connectivity index (χ4n) is 8.87. The molecule has 4 amide bonds. The van der Waals surface area contributed by atoms with Crippen LogP contribution < -0.4 is 24.8 Å². The van der Waals surface area contributed by atoms with Gasteiger partial charge in [0.15, 0.2) is 0 Å². The third-order valence-corrected chi connectivity index (χ3v) is 15.3. The number of carbonyl (C=O) groups is 4. The Morgan fingerprint density at radius 1 is 1.05 bits per heavy atom. The van der Waals surface area contributed by atoms with Gasteiger partial charge in [-0.25, -0.2) is 23.2 Å². The number of hydrogen-bond acceptors (Lipinski definition) is 11. The molecular weight excluding hydrogens is 765 g/mol. The normalized spacial score (nSPS) is 30.9. The monoisotopic (exact) mass is 824 g/mol. The molecule has 0 spiro atoms. The van der Waals surface area contributed by atoms with Crippen LogP contribution in [0.1, 0.15) is 118 Å². The summed E-state index contributed by atoms with van der Waals surface area (Å²) in [5, 5.41) is 5.84. The molecule has 2 bridgehead atoms. The van der Waals surface area contributed by atoms with Gasteiger partial charge in [-0.2, -0.15) is 0 Å². The van der Waals surface area contributed by atoms with E-state index in [0.717, 1.165) is 38.5 Å². The van der Waals surface area contributed by atoms with Gasteiger partial charge >= 0.3 is 6.09 Å². The number of sulfonamides is 1. The average Bonchev–Trinajstić information content (AvgIpc) is 4.12. The topological polar surface area (TPSA) is 195 Å². The van der Waals surface area contributed by atoms with E-state index in [1.807, 2.05) is 46.8 Å². The molecule has 58 heavy (non-hydrogen) atoms. The highest BCUT2D eigenvalue weighted by atomic mass is 32.2. The number of amides is 4. The Bertz CT molecular complexity index is 2050. The summed E-state index contributed by atoms with van der Waals surface area (Å²) >= 11 is 0. The number of aryl methyl sites for hydroxylation is 1. The predicted molar refractivity (Wildman–Crippen MR) is 215 cm³/mol. The maximum atomic E-state index is 15.0. The van der Waals surface area contributed by atoms with Crippen LogP contribution >= 0.6 is 0 Å². The van der Waals surface area contributed by atoms with E-state index in [1.165, 1.54) is 4.90 Å². The van der Waals surface area contributed by atoms with Gasteiger partial charge in [-0.3, -0.25) is 19.1 Å². The lowest BCUT2D eigenvalue weighted by molar-refractivity contribution is -0.143. The molecule has 4 fully saturated rings. The van der Waals surface area contributed by atoms with Gasteiger partial charge in [0.1, 0.15) is 41.3 Å². The smallest absolute Gasteiger partial charge is 0.408 e. The van der Waals surface area contributed by atoms with E-state index in [-0.39, 0.29) is 30.9 Å². The van der Waals surface area contributed by atoms with Gasteiger partial charge in [-0.1, -0.05) is 53.9 Å². The second-order valence-electron chi connectivity index (χ2n) is 18.5. The molecule has 0 radical (unpaired) electrons. The first-order valence-electron chi connectivity index (χ1n) is 21.1. The van der Waals surface area contributed by atoms with Gasteiger partial charge in [0.05, 0.1) is 29.4 Å². The molecule has 3 heterocycles. The number of benzene rings is 1. The van der Waals surface area contributed by atoms with Crippen LogP contribution in [0.25, 0.3) is 11.0 Å². The molecule has 3 N–H and O–H groups in total. The zero-order valence-electron chi connectivity index (χ0n) is 34.9. The summed E-state index contributed by atoms with van der Waals surface area (Å²) in [7, 11) is -2.41. The van der Waals surface area contributed by atoms with Crippen LogP contribution in [0.3, 0.4) is 0 Å². The molecule has 1 aromatic heterocycles. The molecule has 2 aromatic rings. The van der Waals surface area contributed by atoms with E-state index in [4.69, 9.17) is 24.2 Å². The SMILES string of the molecule is CCC[C@@H]1C[C@]1(NC(=O)[C@@H]1[C@H](CC)[C@@H]2CN1C(=O)[C@H](C(C)(C)C)NC(=O)O[C@@H]1C[C@H]1CCCCCc1nc3ccc(OC)cc3nc1O2)C(=O)NS(=O)(=O)C1(C)CC1. The molecule has 5 aliphatic rings. The number of nitrogens with one attached hydrogen (secondary N) is 3. The highest BCUT2D eigenvalue weighted by molar-refractivity contribution is 7.91. The Labute approximate surface area is 341 Å². The van der Waals surface area contributed by atoms with E-state index in [0.29, 0.717) is 60.5 Å². The average molecular weight is 825 g/mol. The van der Waals surface area contributed by atoms with Crippen molar-refractivity contribution in [1.82, 2.24) is 30.2 Å². The van der Waals surface area contributed by atoms with Crippen molar-refractivity contribution in [3.05, 3.63) is 23.9 Å². The van der Waals surface area contributed by atoms with Crippen LogP contribution in [-0.2, 0) is 35.6 Å². The van der Waals surface area contributed by atoms with E-state index in [9.17, 15) is 27.6 Å². The van der Waals surface area contributed by atoms with Gasteiger partial charge in [0.2, 0.25) is 27.7 Å². The lowest BCUT2D eigenvalue weighted by Gasteiger charge is -2.36. The molecule has 3 aliphatic carbocycles. The lowest BCUT2D eigenvalue weighted by Crippen LogP contribution is -2.61. The summed E-state index contributed by atoms with van der Waals surface area (Å²) in [4.78, 5) is 68.6. The van der Waals surface area contributed by atoms with Gasteiger partial charge < -0.3 is 29.7 Å². The zero-order chi connectivity index (χ0) is 41.8. The summed E-state index contributed by atoms with van der Waals surface area (Å²) in [6, 6.07) is 3.26. The first-order valence-corrected chi connectivity index (χ1v) is 22.6. The first-order chi connectivity index (χ1) is 27.4. The molecule has 1 saturated heterocycles. The molecule has 2 aliphatic heterocycles. The summed E-state index contributed by atoms with van der Waals surface area (Å²) in [5.74, 6) is -1.55. The van der Waals surface area contributed by atoms with Crippen LogP contribution in [0.5, 0.6) is 11.6 Å². The minimum absolute atomic E-state index is 0.0228. The van der Waals surface area contributed by atoms with E-state index >= 15 is 0 Å². The van der Waals surface area contributed by atoms with Crippen molar-refractivity contribution >= 4 is 44.9 Å². The summed E-state index contributed by atoms with van der Waals surface area (Å²) in [6.45, 7) is 11.0. The molecule has 15 nitrogen and oxygen atoms in total. The Kier molecular flexibility index (Phi) is 11.4. The predicted octanol–water partition coefficient (Wildman–Crippen LogP) is 4.94. The number of alkyl carbamates (subject to hydrolysis) is 1. The van der Waals surface area contributed by atoms with Gasteiger partial charge in [0, 0.05) is 12.0 Å². The third-order valence-electron chi connectivity index (χ3n) is 13.1. The summed E-state index contributed by atoms with van der Waals surface area (Å²) < 4.78 is 45.9. The fourth-order valence-corrected chi connectivity index (χ4v) is 10.2. The number of fused-ring (bicyclic) bond motifs is 5. The van der Waals surface area contributed by atoms with Crippen LogP contribution in [0, 0.1) is 23.2 Å². The van der Waals surface area contributed by atoms with Gasteiger partial charge in [0.25, 0.3) is 5.91 Å². The highest BCUT2D eigenvalue weighted by Gasteiger charge is 2.64. The molecule has 7 rings (SSSR count). The van der Waals surface area contributed by atoms with E-state index in [1.54, 1.807) is 20.1 Å². The third kappa shape index (κ3) is 8.31. The molecule has 0 unspecified atom stereocenters. The largest absolute Gasteiger partial charge is 0.497 e. The summed E-state index contributed by atoms with van der Waals surface area (Å²) in [6.07, 6.45) is 6.23. The van der Waals surface area contributed by atoms with Gasteiger partial charge in [-0.15, -0.1) is 0 Å². The van der Waals surface area contributed by atoms with Crippen LogP contribution in [0.15, 0.2) is 18.2 Å². The van der Waals surface area contributed by atoms with Crippen molar-refractivity contribution in [3.8, 4) is 11.6 Å². The van der Waals surface area contributed by atoms with Crippen molar-refractivity contribution in [2.75, 3.05) is 13.7 Å². The van der Waals surface area contributed by atoms with E-state index in [2.05, 4.69) is 15.4 Å². The van der Waals surface area contributed by atoms with Crippen molar-refractivity contribution in [1.29, 1.82) is 0 Å². The second kappa shape index (κ2) is 15.8. The number of aromatic nitrogens is 2. The second-order valence-corrected chi connectivity index (χ2v) is 20.7. The Hall–Kier alpha value is -4.21. The molecule has 318 valence electrons. The fraction of sp³-hybridized carbons (Fsp3) is 0.714. The quantitative estimate of drug-likeness (QED) is 0.310. The summed E-state index contributed by atoms with van der Waals surface area (Å²) in [5.41, 5.74) is -0.330. The number of rotatable bonds is 9. The highest BCUT2D eigenvalue weighted by Crippen LogP contribution is 2.49. The molecular formula is C42H60N6O9S. The van der Waals surface area contributed by atoms with E-state index < -0.39 is 73.6 Å². The molecule has 8 atom stereocenters. The maximum absolute atomic E-state index is 15.0. The minimum Gasteiger partial charge on any atom is -0.497 e. The van der Waals surface area contributed by atoms with Crippen molar-refractivity contribution in [2.24, 2.45) is 23.2 Å².